The molecule has 1 N–H and O–H groups in total. The lowest BCUT2D eigenvalue weighted by atomic mass is 9.94. The average Bonchev–Trinajstić information content (AvgIpc) is 2.61. The number of hydrogen-bond donors (Lipinski definition) is 1. The lowest BCUT2D eigenvalue weighted by Gasteiger charge is -2.28. The van der Waals surface area contributed by atoms with Gasteiger partial charge in [-0.1, -0.05) is 11.6 Å². The van der Waals surface area contributed by atoms with Gasteiger partial charge in [-0.05, 0) is 43.9 Å². The van der Waals surface area contributed by atoms with Crippen molar-refractivity contribution in [1.29, 1.82) is 0 Å². The third-order valence-corrected chi connectivity index (χ3v) is 5.82. The summed E-state index contributed by atoms with van der Waals surface area (Å²) in [6, 6.07) is 2.71. The molecule has 1 saturated carbocycles. The van der Waals surface area contributed by atoms with E-state index in [2.05, 4.69) is 14.7 Å². The second-order valence-corrected chi connectivity index (χ2v) is 8.58. The third kappa shape index (κ3) is 5.82. The molecule has 0 saturated heterocycles. The lowest BCUT2D eigenvalue weighted by molar-refractivity contribution is 0.132. The minimum Gasteiger partial charge on any atom is -0.460 e. The largest absolute Gasteiger partial charge is 0.460 e. The van der Waals surface area contributed by atoms with Crippen molar-refractivity contribution < 1.29 is 21.9 Å². The van der Waals surface area contributed by atoms with Crippen molar-refractivity contribution in [3.05, 3.63) is 52.8 Å². The molecule has 1 aromatic carbocycles. The molecule has 1 aliphatic rings. The maximum absolute atomic E-state index is 13.7. The second-order valence-electron chi connectivity index (χ2n) is 6.39. The zero-order valence-corrected chi connectivity index (χ0v) is 15.8. The van der Waals surface area contributed by atoms with Gasteiger partial charge in [-0.15, -0.1) is 0 Å². The topological polar surface area (TPSA) is 81.2 Å². The molecule has 10 heteroatoms. The predicted molar refractivity (Wildman–Crippen MR) is 95.8 cm³/mol. The van der Waals surface area contributed by atoms with Gasteiger partial charge < -0.3 is 4.74 Å². The summed E-state index contributed by atoms with van der Waals surface area (Å²) in [6.07, 6.45) is 5.12. The van der Waals surface area contributed by atoms with Gasteiger partial charge in [0.05, 0.1) is 23.2 Å². The van der Waals surface area contributed by atoms with Crippen molar-refractivity contribution >= 4 is 21.6 Å². The highest BCUT2D eigenvalue weighted by molar-refractivity contribution is 7.88. The standard InChI is InChI=1S/C17H18ClF2N3O3S/c18-12-8-21-17(22-9-12)26-15-4-2-14(3-5-15)23-27(24,25)10-11-7-13(19)1-6-16(11)20/h1,6-9,14-15,23H,2-5,10H2. The van der Waals surface area contributed by atoms with E-state index in [0.717, 1.165) is 18.2 Å². The Balaban J connectivity index is 1.52. The first-order chi connectivity index (χ1) is 12.8. The van der Waals surface area contributed by atoms with Crippen molar-refractivity contribution in [3.63, 3.8) is 0 Å². The molecule has 27 heavy (non-hydrogen) atoms. The zero-order valence-electron chi connectivity index (χ0n) is 14.2. The summed E-state index contributed by atoms with van der Waals surface area (Å²) in [6.45, 7) is 0. The molecule has 0 unspecified atom stereocenters. The summed E-state index contributed by atoms with van der Waals surface area (Å²) in [5, 5.41) is 0.412. The molecule has 1 heterocycles. The fourth-order valence-corrected chi connectivity index (χ4v) is 4.52. The molecule has 2 aromatic rings. The highest BCUT2D eigenvalue weighted by Gasteiger charge is 2.27. The molecular formula is C17H18ClF2N3O3S. The first kappa shape index (κ1) is 19.9. The van der Waals surface area contributed by atoms with Crippen molar-refractivity contribution in [3.8, 4) is 6.01 Å². The minimum absolute atomic E-state index is 0.118. The molecule has 1 aromatic heterocycles. The number of sulfonamides is 1. The fourth-order valence-electron chi connectivity index (χ4n) is 2.96. The first-order valence-corrected chi connectivity index (χ1v) is 10.4. The Morgan fingerprint density at radius 3 is 2.48 bits per heavy atom. The monoisotopic (exact) mass is 417 g/mol. The molecule has 0 amide bonds. The van der Waals surface area contributed by atoms with Gasteiger partial charge in [0, 0.05) is 11.6 Å². The van der Waals surface area contributed by atoms with Crippen LogP contribution in [0, 0.1) is 11.6 Å². The lowest BCUT2D eigenvalue weighted by Crippen LogP contribution is -2.40. The van der Waals surface area contributed by atoms with E-state index in [9.17, 15) is 17.2 Å². The molecular weight excluding hydrogens is 400 g/mol. The highest BCUT2D eigenvalue weighted by Crippen LogP contribution is 2.23. The third-order valence-electron chi connectivity index (χ3n) is 4.24. The van der Waals surface area contributed by atoms with Gasteiger partial charge >= 0.3 is 6.01 Å². The maximum Gasteiger partial charge on any atom is 0.316 e. The Morgan fingerprint density at radius 1 is 1.15 bits per heavy atom. The Labute approximate surface area is 161 Å². The van der Waals surface area contributed by atoms with Crippen molar-refractivity contribution in [2.75, 3.05) is 0 Å². The number of ether oxygens (including phenoxy) is 1. The van der Waals surface area contributed by atoms with E-state index < -0.39 is 27.4 Å². The van der Waals surface area contributed by atoms with E-state index >= 15 is 0 Å². The van der Waals surface area contributed by atoms with Crippen LogP contribution in [0.15, 0.2) is 30.6 Å². The highest BCUT2D eigenvalue weighted by atomic mass is 35.5. The van der Waals surface area contributed by atoms with E-state index in [-0.39, 0.29) is 23.7 Å². The van der Waals surface area contributed by atoms with Crippen LogP contribution >= 0.6 is 11.6 Å². The number of hydrogen-bond acceptors (Lipinski definition) is 5. The van der Waals surface area contributed by atoms with Gasteiger partial charge in [-0.3, -0.25) is 0 Å². The summed E-state index contributed by atoms with van der Waals surface area (Å²) >= 11 is 5.72. The number of aromatic nitrogens is 2. The average molecular weight is 418 g/mol. The van der Waals surface area contributed by atoms with Crippen LogP contribution < -0.4 is 9.46 Å². The zero-order chi connectivity index (χ0) is 19.4. The molecule has 0 aliphatic heterocycles. The predicted octanol–water partition coefficient (Wildman–Crippen LogP) is 3.22. The molecule has 0 radical (unpaired) electrons. The van der Waals surface area contributed by atoms with Crippen LogP contribution in [0.25, 0.3) is 0 Å². The number of rotatable bonds is 6. The van der Waals surface area contributed by atoms with Crippen LogP contribution in [-0.4, -0.2) is 30.5 Å². The molecule has 0 atom stereocenters. The number of nitrogens with zero attached hydrogens (tertiary/aromatic N) is 2. The van der Waals surface area contributed by atoms with E-state index in [1.165, 1.54) is 12.4 Å². The first-order valence-electron chi connectivity index (χ1n) is 8.39. The van der Waals surface area contributed by atoms with Crippen LogP contribution in [0.3, 0.4) is 0 Å². The van der Waals surface area contributed by atoms with Crippen molar-refractivity contribution in [2.45, 2.75) is 43.6 Å². The van der Waals surface area contributed by atoms with E-state index in [4.69, 9.17) is 16.3 Å². The quantitative estimate of drug-likeness (QED) is 0.780. The van der Waals surface area contributed by atoms with Crippen LogP contribution in [0.5, 0.6) is 6.01 Å². The van der Waals surface area contributed by atoms with Gasteiger partial charge in [0.1, 0.15) is 17.7 Å². The summed E-state index contributed by atoms with van der Waals surface area (Å²) < 4.78 is 59.6. The Bertz CT molecular complexity index is 889. The molecule has 0 bridgehead atoms. The van der Waals surface area contributed by atoms with E-state index in [1.54, 1.807) is 0 Å². The summed E-state index contributed by atoms with van der Waals surface area (Å²) in [5.74, 6) is -2.03. The van der Waals surface area contributed by atoms with Gasteiger partial charge in [0.25, 0.3) is 0 Å². The smallest absolute Gasteiger partial charge is 0.316 e. The van der Waals surface area contributed by atoms with E-state index in [1.807, 2.05) is 0 Å². The molecule has 3 rings (SSSR count). The van der Waals surface area contributed by atoms with Crippen LogP contribution in [-0.2, 0) is 15.8 Å². The Morgan fingerprint density at radius 2 is 1.81 bits per heavy atom. The van der Waals surface area contributed by atoms with Gasteiger partial charge in [0.15, 0.2) is 0 Å². The minimum atomic E-state index is -3.79. The number of halogens is 3. The summed E-state index contributed by atoms with van der Waals surface area (Å²) in [4.78, 5) is 7.94. The SMILES string of the molecule is O=S(=O)(Cc1cc(F)ccc1F)NC1CCC(Oc2ncc(Cl)cn2)CC1. The van der Waals surface area contributed by atoms with Gasteiger partial charge in [-0.25, -0.2) is 31.9 Å². The van der Waals surface area contributed by atoms with Gasteiger partial charge in [0.2, 0.25) is 10.0 Å². The van der Waals surface area contributed by atoms with Crippen LogP contribution in [0.1, 0.15) is 31.2 Å². The molecule has 146 valence electrons. The fraction of sp³-hybridized carbons (Fsp3) is 0.412. The van der Waals surface area contributed by atoms with Gasteiger partial charge in [-0.2, -0.15) is 0 Å². The number of benzene rings is 1. The Kier molecular flexibility index (Phi) is 6.23. The molecule has 1 aliphatic carbocycles. The second kappa shape index (κ2) is 8.45. The van der Waals surface area contributed by atoms with Crippen LogP contribution in [0.2, 0.25) is 5.02 Å². The number of nitrogens with one attached hydrogen (secondary N) is 1. The van der Waals surface area contributed by atoms with Crippen molar-refractivity contribution in [1.82, 2.24) is 14.7 Å². The van der Waals surface area contributed by atoms with Crippen LogP contribution in [0.4, 0.5) is 8.78 Å². The molecule has 6 nitrogen and oxygen atoms in total. The molecule has 0 spiro atoms. The molecule has 1 fully saturated rings. The summed E-state index contributed by atoms with van der Waals surface area (Å²) in [7, 11) is -3.79. The normalized spacial score (nSPS) is 20.4. The van der Waals surface area contributed by atoms with Crippen molar-refractivity contribution in [2.24, 2.45) is 0 Å². The van der Waals surface area contributed by atoms with E-state index in [0.29, 0.717) is 30.7 Å². The Hall–Kier alpha value is -1.84. The summed E-state index contributed by atoms with van der Waals surface area (Å²) in [5.41, 5.74) is -0.195. The maximum atomic E-state index is 13.7.